The van der Waals surface area contributed by atoms with Crippen LogP contribution in [0.3, 0.4) is 0 Å². The Bertz CT molecular complexity index is 3460. The lowest BCUT2D eigenvalue weighted by atomic mass is 9.42. The number of rotatable bonds is 4. The molecule has 0 amide bonds. The zero-order valence-electron chi connectivity index (χ0n) is 37.3. The van der Waals surface area contributed by atoms with Gasteiger partial charge in [-0.25, -0.2) is 0 Å². The first-order chi connectivity index (χ1) is 31.0. The molecule has 0 saturated carbocycles. The van der Waals surface area contributed by atoms with Crippen molar-refractivity contribution in [2.24, 2.45) is 0 Å². The van der Waals surface area contributed by atoms with Crippen LogP contribution in [0, 0.1) is 0 Å². The highest BCUT2D eigenvalue weighted by molar-refractivity contribution is 7.26. The topological polar surface area (TPSA) is 6.48 Å². The highest BCUT2D eigenvalue weighted by atomic mass is 32.1. The number of hydrogen-bond donors (Lipinski definition) is 0. The van der Waals surface area contributed by atoms with Gasteiger partial charge in [0.1, 0.15) is 0 Å². The Morgan fingerprint density at radius 2 is 1.06 bits per heavy atom. The summed E-state index contributed by atoms with van der Waals surface area (Å²) in [4.78, 5) is 5.34. The monoisotopic (exact) mass is 840 g/mol. The fourth-order valence-corrected chi connectivity index (χ4v) is 11.6. The molecule has 0 spiro atoms. The average molecular weight is 841 g/mol. The summed E-state index contributed by atoms with van der Waals surface area (Å²) in [5, 5.41) is 5.13. The molecule has 0 unspecified atom stereocenters. The number of anilines is 5. The SMILES string of the molecule is CC(C)(C)c1ccc(N2B3c4c(cc5ccccc5c4N(c4ccc(C(C)(C)C)cc4-c4ccccc4)c4ccc5sc6ccccc6c5c43)-c3ccc(-c4ccccc4)cc32)cc1. The zero-order chi connectivity index (χ0) is 43.5. The van der Waals surface area contributed by atoms with Gasteiger partial charge >= 0.3 is 6.85 Å². The van der Waals surface area contributed by atoms with Crippen LogP contribution >= 0.6 is 11.3 Å². The number of hydrogen-bond acceptors (Lipinski definition) is 3. The van der Waals surface area contributed by atoms with E-state index in [1.807, 2.05) is 11.3 Å². The predicted octanol–water partition coefficient (Wildman–Crippen LogP) is 15.8. The van der Waals surface area contributed by atoms with E-state index in [2.05, 4.69) is 239 Å². The normalized spacial score (nSPS) is 13.4. The van der Waals surface area contributed by atoms with Crippen LogP contribution in [0.25, 0.3) is 64.3 Å². The maximum Gasteiger partial charge on any atom is 0.333 e. The number of benzene rings is 9. The van der Waals surface area contributed by atoms with Crippen LogP contribution in [-0.4, -0.2) is 6.85 Å². The molecule has 12 rings (SSSR count). The van der Waals surface area contributed by atoms with Crippen molar-refractivity contribution in [1.82, 2.24) is 0 Å². The largest absolute Gasteiger partial charge is 0.376 e. The van der Waals surface area contributed by atoms with Gasteiger partial charge < -0.3 is 9.71 Å². The van der Waals surface area contributed by atoms with E-state index in [0.717, 1.165) is 0 Å². The maximum atomic E-state index is 2.69. The van der Waals surface area contributed by atoms with Crippen molar-refractivity contribution in [3.63, 3.8) is 0 Å². The molecular formula is C60H49BN2S. The molecule has 0 radical (unpaired) electrons. The Labute approximate surface area is 381 Å². The Morgan fingerprint density at radius 1 is 0.422 bits per heavy atom. The third-order valence-corrected chi connectivity index (χ3v) is 14.9. The molecule has 0 bridgehead atoms. The first-order valence-corrected chi connectivity index (χ1v) is 23.4. The molecular weight excluding hydrogens is 792 g/mol. The smallest absolute Gasteiger partial charge is 0.333 e. The first-order valence-electron chi connectivity index (χ1n) is 22.6. The van der Waals surface area contributed by atoms with Crippen LogP contribution in [0.1, 0.15) is 52.7 Å². The van der Waals surface area contributed by atoms with Crippen LogP contribution in [0.15, 0.2) is 188 Å². The summed E-state index contributed by atoms with van der Waals surface area (Å²) in [7, 11) is 0. The molecule has 3 heterocycles. The van der Waals surface area contributed by atoms with Crippen LogP contribution in [0.4, 0.5) is 28.4 Å². The Balaban J connectivity index is 1.26. The number of nitrogens with zero attached hydrogens (tertiary/aromatic N) is 2. The van der Waals surface area contributed by atoms with Gasteiger partial charge in [0.05, 0.1) is 11.4 Å². The summed E-state index contributed by atoms with van der Waals surface area (Å²) < 4.78 is 2.62. The lowest BCUT2D eigenvalue weighted by Gasteiger charge is -2.47. The minimum absolute atomic E-state index is 0.0240. The zero-order valence-corrected chi connectivity index (χ0v) is 38.1. The molecule has 2 nitrogen and oxygen atoms in total. The van der Waals surface area contributed by atoms with Gasteiger partial charge in [-0.3, -0.25) is 0 Å². The lowest BCUT2D eigenvalue weighted by molar-refractivity contribution is 0.590. The molecule has 1 aromatic heterocycles. The molecule has 0 atom stereocenters. The molecule has 308 valence electrons. The van der Waals surface area contributed by atoms with Gasteiger partial charge in [-0.1, -0.05) is 175 Å². The summed E-state index contributed by atoms with van der Waals surface area (Å²) >= 11 is 1.90. The molecule has 2 aliphatic heterocycles. The summed E-state index contributed by atoms with van der Waals surface area (Å²) in [5.74, 6) is 0. The number of fused-ring (bicyclic) bond motifs is 10. The van der Waals surface area contributed by atoms with Gasteiger partial charge in [0.15, 0.2) is 0 Å². The quantitative estimate of drug-likeness (QED) is 0.163. The molecule has 4 heteroatoms. The Kier molecular flexibility index (Phi) is 8.68. The van der Waals surface area contributed by atoms with Crippen LogP contribution in [-0.2, 0) is 10.8 Å². The molecule has 0 aliphatic carbocycles. The fraction of sp³-hybridized carbons (Fsp3) is 0.133. The van der Waals surface area contributed by atoms with Crippen molar-refractivity contribution >= 4 is 88.5 Å². The highest BCUT2D eigenvalue weighted by Gasteiger charge is 2.47. The molecule has 0 N–H and O–H groups in total. The second-order valence-electron chi connectivity index (χ2n) is 19.7. The van der Waals surface area contributed by atoms with E-state index in [-0.39, 0.29) is 17.7 Å². The van der Waals surface area contributed by atoms with E-state index in [1.54, 1.807) is 0 Å². The molecule has 0 saturated heterocycles. The molecule has 0 fully saturated rings. The van der Waals surface area contributed by atoms with Gasteiger partial charge in [0.2, 0.25) is 0 Å². The van der Waals surface area contributed by atoms with Crippen molar-refractivity contribution < 1.29 is 0 Å². The van der Waals surface area contributed by atoms with Gasteiger partial charge in [0.25, 0.3) is 0 Å². The van der Waals surface area contributed by atoms with E-state index in [0.29, 0.717) is 0 Å². The fourth-order valence-electron chi connectivity index (χ4n) is 10.5. The second-order valence-corrected chi connectivity index (χ2v) is 20.8. The minimum atomic E-state index is -0.143. The maximum absolute atomic E-state index is 2.69. The molecule has 64 heavy (non-hydrogen) atoms. The average Bonchev–Trinajstić information content (AvgIpc) is 3.70. The first kappa shape index (κ1) is 38.8. The van der Waals surface area contributed by atoms with E-state index < -0.39 is 0 Å². The van der Waals surface area contributed by atoms with Crippen molar-refractivity contribution in [3.05, 3.63) is 199 Å². The molecule has 10 aromatic rings. The standard InChI is InChI=1S/C60H49BN2S/c1-59(2,3)42-26-29-44(30-27-42)63-52-36-40(38-17-9-7-10-18-38)25-31-46(52)49-35-41-21-13-14-22-45(41)58-56(49)61(63)57-51(33-34-54-55(57)47-23-15-16-24-53(47)64-54)62(58)50-32-28-43(60(4,5)6)37-48(50)39-19-11-8-12-20-39/h7-37H,1-6H3. The highest BCUT2D eigenvalue weighted by Crippen LogP contribution is 2.53. The van der Waals surface area contributed by atoms with Crippen molar-refractivity contribution in [3.8, 4) is 33.4 Å². The summed E-state index contributed by atoms with van der Waals surface area (Å²) in [5.41, 5.74) is 18.8. The van der Waals surface area contributed by atoms with Crippen LogP contribution < -0.4 is 20.6 Å². The summed E-state index contributed by atoms with van der Waals surface area (Å²) in [6.45, 7) is 13.7. The second kappa shape index (κ2) is 14.3. The molecule has 9 aromatic carbocycles. The Morgan fingerprint density at radius 3 is 1.80 bits per heavy atom. The third-order valence-electron chi connectivity index (χ3n) is 13.7. The van der Waals surface area contributed by atoms with Crippen molar-refractivity contribution in [2.45, 2.75) is 52.4 Å². The van der Waals surface area contributed by atoms with E-state index in [4.69, 9.17) is 0 Å². The third kappa shape index (κ3) is 6.00. The van der Waals surface area contributed by atoms with Gasteiger partial charge in [-0.15, -0.1) is 11.3 Å². The molecule has 2 aliphatic rings. The van der Waals surface area contributed by atoms with E-state index in [1.165, 1.54) is 115 Å². The van der Waals surface area contributed by atoms with Crippen LogP contribution in [0.5, 0.6) is 0 Å². The van der Waals surface area contributed by atoms with Crippen LogP contribution in [0.2, 0.25) is 0 Å². The predicted molar refractivity (Wildman–Crippen MR) is 279 cm³/mol. The summed E-state index contributed by atoms with van der Waals surface area (Å²) in [6, 6.07) is 71.2. The van der Waals surface area contributed by atoms with E-state index in [9.17, 15) is 0 Å². The Hall–Kier alpha value is -6.88. The van der Waals surface area contributed by atoms with Gasteiger partial charge in [-0.05, 0) is 126 Å². The van der Waals surface area contributed by atoms with Crippen molar-refractivity contribution in [1.29, 1.82) is 0 Å². The van der Waals surface area contributed by atoms with Gasteiger partial charge in [-0.2, -0.15) is 0 Å². The lowest BCUT2D eigenvalue weighted by Crippen LogP contribution is -2.61. The van der Waals surface area contributed by atoms with Gasteiger partial charge in [0, 0.05) is 43.0 Å². The summed E-state index contributed by atoms with van der Waals surface area (Å²) in [6.07, 6.45) is 0. The van der Waals surface area contributed by atoms with Crippen molar-refractivity contribution in [2.75, 3.05) is 9.71 Å². The number of thiophene rings is 1. The van der Waals surface area contributed by atoms with E-state index >= 15 is 0 Å². The minimum Gasteiger partial charge on any atom is -0.376 e.